The number of amides is 2. The number of ketones is 2. The highest BCUT2D eigenvalue weighted by atomic mass is 16.6. The lowest BCUT2D eigenvalue weighted by atomic mass is 9.94. The number of aliphatic hydroxyl groups is 1. The van der Waals surface area contributed by atoms with Gasteiger partial charge in [0.15, 0.2) is 23.8 Å². The molecule has 1 aliphatic rings. The summed E-state index contributed by atoms with van der Waals surface area (Å²) in [6.07, 6.45) is -3.38. The van der Waals surface area contributed by atoms with Gasteiger partial charge in [0.25, 0.3) is 5.91 Å². The molecule has 0 spiro atoms. The summed E-state index contributed by atoms with van der Waals surface area (Å²) in [7, 11) is 1.16. The summed E-state index contributed by atoms with van der Waals surface area (Å²) in [6, 6.07) is 25.0. The molecule has 0 aliphatic carbocycles. The monoisotopic (exact) mass is 715 g/mol. The number of esters is 1. The van der Waals surface area contributed by atoms with Gasteiger partial charge in [0, 0.05) is 32.6 Å². The number of carbonyl (C=O) groups excluding carboxylic acids is 5. The smallest absolute Gasteiger partial charge is 0.417 e. The van der Waals surface area contributed by atoms with Crippen molar-refractivity contribution in [2.75, 3.05) is 33.5 Å². The third-order valence-corrected chi connectivity index (χ3v) is 8.30. The average molecular weight is 716 g/mol. The molecule has 3 aromatic carbocycles. The molecular formula is C40H45NO11. The van der Waals surface area contributed by atoms with Crippen LogP contribution in [0.25, 0.3) is 5.57 Å². The van der Waals surface area contributed by atoms with E-state index in [4.69, 9.17) is 23.7 Å². The lowest BCUT2D eigenvalue weighted by molar-refractivity contribution is -0.166. The van der Waals surface area contributed by atoms with Crippen molar-refractivity contribution >= 4 is 35.1 Å². The zero-order chi connectivity index (χ0) is 37.5. The Morgan fingerprint density at radius 1 is 0.962 bits per heavy atom. The van der Waals surface area contributed by atoms with Gasteiger partial charge in [-0.3, -0.25) is 19.2 Å². The molecule has 1 aliphatic heterocycles. The Kier molecular flexibility index (Phi) is 15.4. The molecule has 1 heterocycles. The van der Waals surface area contributed by atoms with E-state index in [0.717, 1.165) is 41.7 Å². The third kappa shape index (κ3) is 11.5. The van der Waals surface area contributed by atoms with Crippen molar-refractivity contribution in [1.29, 1.82) is 0 Å². The fraction of sp³-hybridized carbons (Fsp3) is 0.375. The minimum absolute atomic E-state index is 0.00657. The van der Waals surface area contributed by atoms with Gasteiger partial charge < -0.3 is 28.8 Å². The number of methoxy groups -OCH3 is 1. The van der Waals surface area contributed by atoms with Crippen molar-refractivity contribution in [1.82, 2.24) is 4.90 Å². The van der Waals surface area contributed by atoms with Crippen molar-refractivity contribution in [3.8, 4) is 0 Å². The summed E-state index contributed by atoms with van der Waals surface area (Å²) in [5.41, 5.74) is 3.12. The van der Waals surface area contributed by atoms with E-state index in [9.17, 15) is 29.1 Å². The van der Waals surface area contributed by atoms with Gasteiger partial charge in [0.1, 0.15) is 12.7 Å². The number of aryl methyl sites for hydroxylation is 1. The van der Waals surface area contributed by atoms with Crippen LogP contribution in [0, 0.1) is 6.92 Å². The van der Waals surface area contributed by atoms with Gasteiger partial charge in [-0.25, -0.2) is 9.69 Å². The zero-order valence-electron chi connectivity index (χ0n) is 29.6. The Balaban J connectivity index is 1.48. The SMILES string of the molecule is CO[C@H](C(=O)N1C(=O)OC[C@@H]1Cc1ccccc1)[C@H](OC(C)=O)C(=O)C=C(C(=O)CCCOC[C@@H](CO)OCc1ccccc1)c1cccc(C)c1. The first kappa shape index (κ1) is 39.8. The van der Waals surface area contributed by atoms with Crippen LogP contribution in [0.4, 0.5) is 4.79 Å². The van der Waals surface area contributed by atoms with Crippen LogP contribution in [0.5, 0.6) is 0 Å². The van der Waals surface area contributed by atoms with Crippen molar-refractivity contribution in [2.24, 2.45) is 0 Å². The van der Waals surface area contributed by atoms with E-state index in [2.05, 4.69) is 0 Å². The summed E-state index contributed by atoms with van der Waals surface area (Å²) in [5, 5.41) is 9.71. The fourth-order valence-corrected chi connectivity index (χ4v) is 5.69. The van der Waals surface area contributed by atoms with Crippen molar-refractivity contribution in [2.45, 2.75) is 64.1 Å². The second-order valence-electron chi connectivity index (χ2n) is 12.3. The number of hydrogen-bond acceptors (Lipinski definition) is 11. The predicted molar refractivity (Wildman–Crippen MR) is 190 cm³/mol. The maximum atomic E-state index is 13.9. The molecule has 0 aromatic heterocycles. The van der Waals surface area contributed by atoms with Crippen LogP contribution in [-0.2, 0) is 55.9 Å². The van der Waals surface area contributed by atoms with Crippen molar-refractivity contribution in [3.05, 3.63) is 113 Å². The van der Waals surface area contributed by atoms with Gasteiger partial charge in [-0.15, -0.1) is 0 Å². The van der Waals surface area contributed by atoms with E-state index in [1.165, 1.54) is 0 Å². The van der Waals surface area contributed by atoms with E-state index in [1.807, 2.05) is 73.7 Å². The second-order valence-corrected chi connectivity index (χ2v) is 12.3. The van der Waals surface area contributed by atoms with E-state index in [1.54, 1.807) is 18.2 Å². The molecule has 276 valence electrons. The second kappa shape index (κ2) is 20.1. The first-order valence-electron chi connectivity index (χ1n) is 17.0. The molecule has 12 nitrogen and oxygen atoms in total. The molecule has 52 heavy (non-hydrogen) atoms. The lowest BCUT2D eigenvalue weighted by Gasteiger charge is -2.28. The largest absolute Gasteiger partial charge is 0.451 e. The number of cyclic esters (lactones) is 1. The molecule has 0 radical (unpaired) electrons. The Bertz CT molecular complexity index is 1690. The van der Waals surface area contributed by atoms with Gasteiger partial charge in [0.2, 0.25) is 0 Å². The van der Waals surface area contributed by atoms with Gasteiger partial charge in [-0.05, 0) is 42.5 Å². The summed E-state index contributed by atoms with van der Waals surface area (Å²) < 4.78 is 27.4. The number of allylic oxidation sites excluding steroid dienone is 1. The first-order chi connectivity index (χ1) is 25.1. The van der Waals surface area contributed by atoms with E-state index in [0.29, 0.717) is 18.6 Å². The van der Waals surface area contributed by atoms with Gasteiger partial charge in [-0.1, -0.05) is 90.5 Å². The molecule has 4 rings (SSSR count). The Hall–Kier alpha value is -5.01. The average Bonchev–Trinajstić information content (AvgIpc) is 3.50. The number of rotatable bonds is 20. The highest BCUT2D eigenvalue weighted by Gasteiger charge is 2.46. The molecule has 0 bridgehead atoms. The number of aliphatic hydroxyl groups excluding tert-OH is 1. The Morgan fingerprint density at radius 2 is 1.65 bits per heavy atom. The Morgan fingerprint density at radius 3 is 2.29 bits per heavy atom. The standard InChI is InChI=1S/C40H45NO11/c1-27-12-10-17-31(20-27)34(35(44)18-11-19-49-26-33(23-42)50-24-30-15-8-5-9-16-30)22-36(45)37(52-28(2)43)38(48-3)39(46)41-32(25-51-40(41)47)21-29-13-6-4-7-14-29/h4-10,12-17,20,22,32-33,37-38,42H,11,18-19,21,23-26H2,1-3H3/t32-,33+,37+,38-/m0/s1. The van der Waals surface area contributed by atoms with Crippen LogP contribution in [-0.4, -0.2) is 97.4 Å². The number of carbonyl (C=O) groups is 5. The first-order valence-corrected chi connectivity index (χ1v) is 17.0. The van der Waals surface area contributed by atoms with Crippen LogP contribution in [0.3, 0.4) is 0 Å². The summed E-state index contributed by atoms with van der Waals surface area (Å²) in [4.78, 5) is 67.4. The van der Waals surface area contributed by atoms with E-state index >= 15 is 0 Å². The van der Waals surface area contributed by atoms with Crippen LogP contribution in [0.15, 0.2) is 91.0 Å². The van der Waals surface area contributed by atoms with Crippen molar-refractivity contribution < 1.29 is 52.8 Å². The topological polar surface area (TPSA) is 155 Å². The minimum atomic E-state index is -1.82. The molecule has 0 saturated carbocycles. The van der Waals surface area contributed by atoms with Gasteiger partial charge >= 0.3 is 12.1 Å². The molecule has 1 saturated heterocycles. The van der Waals surface area contributed by atoms with Crippen LogP contribution >= 0.6 is 0 Å². The molecule has 3 aromatic rings. The normalized spacial score (nSPS) is 16.2. The predicted octanol–water partition coefficient (Wildman–Crippen LogP) is 4.43. The number of benzene rings is 3. The maximum absolute atomic E-state index is 13.9. The van der Waals surface area contributed by atoms with Crippen LogP contribution in [0.1, 0.15) is 42.0 Å². The maximum Gasteiger partial charge on any atom is 0.417 e. The van der Waals surface area contributed by atoms with Gasteiger partial charge in [0.05, 0.1) is 25.9 Å². The molecular weight excluding hydrogens is 670 g/mol. The number of nitrogens with zero attached hydrogens (tertiary/aromatic N) is 1. The highest BCUT2D eigenvalue weighted by Crippen LogP contribution is 2.24. The molecule has 4 atom stereocenters. The van der Waals surface area contributed by atoms with Crippen molar-refractivity contribution in [3.63, 3.8) is 0 Å². The molecule has 1 fully saturated rings. The number of Topliss-reactive ketones (excluding diaryl/α,β-unsaturated/α-hetero) is 1. The third-order valence-electron chi connectivity index (χ3n) is 8.30. The Labute approximate surface area is 303 Å². The van der Waals surface area contributed by atoms with E-state index in [-0.39, 0.29) is 44.8 Å². The molecule has 12 heteroatoms. The zero-order valence-corrected chi connectivity index (χ0v) is 29.6. The summed E-state index contributed by atoms with van der Waals surface area (Å²) in [6.45, 7) is 3.20. The lowest BCUT2D eigenvalue weighted by Crippen LogP contribution is -2.53. The fourth-order valence-electron chi connectivity index (χ4n) is 5.69. The van der Waals surface area contributed by atoms with Crippen LogP contribution in [0.2, 0.25) is 0 Å². The molecule has 0 unspecified atom stereocenters. The quantitative estimate of drug-likeness (QED) is 0.100. The molecule has 1 N–H and O–H groups in total. The number of imide groups is 1. The number of hydrogen-bond donors (Lipinski definition) is 1. The van der Waals surface area contributed by atoms with Crippen LogP contribution < -0.4 is 0 Å². The molecule has 2 amide bonds. The number of ether oxygens (including phenoxy) is 5. The highest BCUT2D eigenvalue weighted by molar-refractivity contribution is 6.25. The summed E-state index contributed by atoms with van der Waals surface area (Å²) >= 11 is 0. The summed E-state index contributed by atoms with van der Waals surface area (Å²) in [5.74, 6) is -3.08. The van der Waals surface area contributed by atoms with Gasteiger partial charge in [-0.2, -0.15) is 0 Å². The van der Waals surface area contributed by atoms with E-state index < -0.39 is 53.9 Å². The minimum Gasteiger partial charge on any atom is -0.451 e.